The van der Waals surface area contributed by atoms with Crippen molar-refractivity contribution in [2.75, 3.05) is 13.7 Å². The summed E-state index contributed by atoms with van der Waals surface area (Å²) in [5, 5.41) is 2.89. The van der Waals surface area contributed by atoms with Gasteiger partial charge < -0.3 is 14.8 Å². The maximum atomic E-state index is 12.1. The van der Waals surface area contributed by atoms with E-state index in [2.05, 4.69) is 12.2 Å². The summed E-state index contributed by atoms with van der Waals surface area (Å²) in [6.07, 6.45) is 0.984. The second-order valence-electron chi connectivity index (χ2n) is 4.91. The maximum Gasteiger partial charge on any atom is 0.251 e. The van der Waals surface area contributed by atoms with Crippen LogP contribution in [0.3, 0.4) is 0 Å². The Balaban J connectivity index is 1.90. The van der Waals surface area contributed by atoms with Crippen LogP contribution in [0.25, 0.3) is 0 Å². The zero-order valence-corrected chi connectivity index (χ0v) is 13.0. The number of amides is 1. The summed E-state index contributed by atoms with van der Waals surface area (Å²) in [6, 6.07) is 14.8. The summed E-state index contributed by atoms with van der Waals surface area (Å²) in [6.45, 7) is 3.26. The van der Waals surface area contributed by atoms with E-state index in [1.165, 1.54) is 0 Å². The van der Waals surface area contributed by atoms with E-state index in [0.717, 1.165) is 17.7 Å². The lowest BCUT2D eigenvalue weighted by atomic mass is 10.2. The predicted molar refractivity (Wildman–Crippen MR) is 86.4 cm³/mol. The number of rotatable bonds is 7. The third-order valence-electron chi connectivity index (χ3n) is 3.18. The van der Waals surface area contributed by atoms with Crippen LogP contribution in [0.4, 0.5) is 0 Å². The van der Waals surface area contributed by atoms with Gasteiger partial charge in [0.15, 0.2) is 0 Å². The van der Waals surface area contributed by atoms with Gasteiger partial charge in [0.1, 0.15) is 11.5 Å². The number of methoxy groups -OCH3 is 1. The van der Waals surface area contributed by atoms with Crippen molar-refractivity contribution < 1.29 is 14.3 Å². The van der Waals surface area contributed by atoms with E-state index in [1.54, 1.807) is 25.3 Å². The molecule has 4 nitrogen and oxygen atoms in total. The number of carbonyl (C=O) groups is 1. The van der Waals surface area contributed by atoms with Crippen molar-refractivity contribution >= 4 is 5.91 Å². The Morgan fingerprint density at radius 3 is 2.55 bits per heavy atom. The summed E-state index contributed by atoms with van der Waals surface area (Å²) >= 11 is 0. The Morgan fingerprint density at radius 1 is 1.09 bits per heavy atom. The summed E-state index contributed by atoms with van der Waals surface area (Å²) in [5.74, 6) is 1.40. The van der Waals surface area contributed by atoms with Crippen molar-refractivity contribution in [3.63, 3.8) is 0 Å². The van der Waals surface area contributed by atoms with Crippen LogP contribution in [0.2, 0.25) is 0 Å². The van der Waals surface area contributed by atoms with Crippen molar-refractivity contribution in [1.82, 2.24) is 5.32 Å². The summed E-state index contributed by atoms with van der Waals surface area (Å²) in [7, 11) is 1.58. The average Bonchev–Trinajstić information content (AvgIpc) is 2.58. The van der Waals surface area contributed by atoms with Crippen LogP contribution < -0.4 is 14.8 Å². The molecule has 0 saturated carbocycles. The Hall–Kier alpha value is -2.49. The number of nitrogens with one attached hydrogen (secondary N) is 1. The number of carbonyl (C=O) groups excluding carboxylic acids is 1. The van der Waals surface area contributed by atoms with Gasteiger partial charge in [0.25, 0.3) is 5.91 Å². The first-order valence-corrected chi connectivity index (χ1v) is 7.37. The van der Waals surface area contributed by atoms with E-state index < -0.39 is 0 Å². The number of ether oxygens (including phenoxy) is 2. The van der Waals surface area contributed by atoms with E-state index in [9.17, 15) is 4.79 Å². The summed E-state index contributed by atoms with van der Waals surface area (Å²) in [4.78, 5) is 12.1. The molecule has 0 spiro atoms. The van der Waals surface area contributed by atoms with Crippen LogP contribution in [0.1, 0.15) is 29.3 Å². The molecule has 0 saturated heterocycles. The monoisotopic (exact) mass is 299 g/mol. The molecule has 116 valence electrons. The Kier molecular flexibility index (Phi) is 5.83. The molecule has 2 rings (SSSR count). The molecule has 0 aliphatic rings. The summed E-state index contributed by atoms with van der Waals surface area (Å²) in [5.41, 5.74) is 1.61. The van der Waals surface area contributed by atoms with Gasteiger partial charge in [-0.1, -0.05) is 25.1 Å². The number of hydrogen-bond acceptors (Lipinski definition) is 3. The highest BCUT2D eigenvalue weighted by Gasteiger charge is 2.06. The Bertz CT molecular complexity index is 608. The SMILES string of the molecule is CCCOc1ccc(CNC(=O)c2cccc(OC)c2)cc1. The largest absolute Gasteiger partial charge is 0.497 e. The quantitative estimate of drug-likeness (QED) is 0.852. The van der Waals surface area contributed by atoms with E-state index >= 15 is 0 Å². The number of hydrogen-bond donors (Lipinski definition) is 1. The first-order chi connectivity index (χ1) is 10.7. The van der Waals surface area contributed by atoms with Crippen LogP contribution in [0.5, 0.6) is 11.5 Å². The lowest BCUT2D eigenvalue weighted by Gasteiger charge is -2.08. The molecule has 2 aromatic carbocycles. The highest BCUT2D eigenvalue weighted by Crippen LogP contribution is 2.14. The molecular formula is C18H21NO3. The molecule has 0 aromatic heterocycles. The minimum atomic E-state index is -0.120. The highest BCUT2D eigenvalue weighted by molar-refractivity contribution is 5.94. The second kappa shape index (κ2) is 8.08. The molecule has 1 amide bonds. The second-order valence-corrected chi connectivity index (χ2v) is 4.91. The fourth-order valence-corrected chi connectivity index (χ4v) is 1.97. The molecule has 0 bridgehead atoms. The van der Waals surface area contributed by atoms with Crippen LogP contribution >= 0.6 is 0 Å². The van der Waals surface area contributed by atoms with Crippen molar-refractivity contribution in [1.29, 1.82) is 0 Å². The topological polar surface area (TPSA) is 47.6 Å². The first-order valence-electron chi connectivity index (χ1n) is 7.37. The average molecular weight is 299 g/mol. The van der Waals surface area contributed by atoms with Crippen LogP contribution in [0.15, 0.2) is 48.5 Å². The van der Waals surface area contributed by atoms with Crippen molar-refractivity contribution in [2.45, 2.75) is 19.9 Å². The van der Waals surface area contributed by atoms with E-state index in [1.807, 2.05) is 30.3 Å². The number of benzene rings is 2. The fourth-order valence-electron chi connectivity index (χ4n) is 1.97. The van der Waals surface area contributed by atoms with E-state index in [4.69, 9.17) is 9.47 Å². The normalized spacial score (nSPS) is 10.1. The first kappa shape index (κ1) is 15.9. The minimum Gasteiger partial charge on any atom is -0.497 e. The molecule has 2 aromatic rings. The zero-order valence-electron chi connectivity index (χ0n) is 13.0. The van der Waals surface area contributed by atoms with Crippen molar-refractivity contribution in [3.05, 3.63) is 59.7 Å². The van der Waals surface area contributed by atoms with Crippen molar-refractivity contribution in [3.8, 4) is 11.5 Å². The van der Waals surface area contributed by atoms with Crippen LogP contribution in [-0.4, -0.2) is 19.6 Å². The lowest BCUT2D eigenvalue weighted by Crippen LogP contribution is -2.22. The molecular weight excluding hydrogens is 278 g/mol. The Morgan fingerprint density at radius 2 is 1.86 bits per heavy atom. The molecule has 0 aliphatic carbocycles. The van der Waals surface area contributed by atoms with Crippen LogP contribution in [-0.2, 0) is 6.54 Å². The molecule has 0 atom stereocenters. The molecule has 22 heavy (non-hydrogen) atoms. The molecule has 0 heterocycles. The van der Waals surface area contributed by atoms with Crippen LogP contribution in [0, 0.1) is 0 Å². The van der Waals surface area contributed by atoms with Gasteiger partial charge in [-0.25, -0.2) is 0 Å². The predicted octanol–water partition coefficient (Wildman–Crippen LogP) is 3.41. The molecule has 0 fully saturated rings. The Labute approximate surface area is 131 Å². The standard InChI is InChI=1S/C18H21NO3/c1-3-11-22-16-9-7-14(8-10-16)13-19-18(20)15-5-4-6-17(12-15)21-2/h4-10,12H,3,11,13H2,1-2H3,(H,19,20). The van der Waals surface area contributed by atoms with Gasteiger partial charge in [-0.3, -0.25) is 4.79 Å². The molecule has 0 radical (unpaired) electrons. The van der Waals surface area contributed by atoms with Gasteiger partial charge in [-0.2, -0.15) is 0 Å². The molecule has 0 aliphatic heterocycles. The van der Waals surface area contributed by atoms with Gasteiger partial charge in [-0.05, 0) is 42.3 Å². The van der Waals surface area contributed by atoms with Crippen molar-refractivity contribution in [2.24, 2.45) is 0 Å². The fraction of sp³-hybridized carbons (Fsp3) is 0.278. The minimum absolute atomic E-state index is 0.120. The molecule has 0 unspecified atom stereocenters. The van der Waals surface area contributed by atoms with Gasteiger partial charge in [0.2, 0.25) is 0 Å². The zero-order chi connectivity index (χ0) is 15.8. The van der Waals surface area contributed by atoms with E-state index in [0.29, 0.717) is 24.5 Å². The lowest BCUT2D eigenvalue weighted by molar-refractivity contribution is 0.0950. The van der Waals surface area contributed by atoms with Gasteiger partial charge in [0.05, 0.1) is 13.7 Å². The third-order valence-corrected chi connectivity index (χ3v) is 3.18. The smallest absolute Gasteiger partial charge is 0.251 e. The molecule has 4 heteroatoms. The third kappa shape index (κ3) is 4.52. The summed E-state index contributed by atoms with van der Waals surface area (Å²) < 4.78 is 10.6. The van der Waals surface area contributed by atoms with E-state index in [-0.39, 0.29) is 5.91 Å². The van der Waals surface area contributed by atoms with Gasteiger partial charge >= 0.3 is 0 Å². The maximum absolute atomic E-state index is 12.1. The molecule has 1 N–H and O–H groups in total. The highest BCUT2D eigenvalue weighted by atomic mass is 16.5. The van der Waals surface area contributed by atoms with Gasteiger partial charge in [0, 0.05) is 12.1 Å². The van der Waals surface area contributed by atoms with Gasteiger partial charge in [-0.15, -0.1) is 0 Å².